The fourth-order valence-corrected chi connectivity index (χ4v) is 7.32. The second kappa shape index (κ2) is 14.0. The first-order valence-corrected chi connectivity index (χ1v) is 18.2. The molecular formula is C36H44F3N5O6S. The predicted molar refractivity (Wildman–Crippen MR) is 185 cm³/mol. The van der Waals surface area contributed by atoms with E-state index >= 15 is 0 Å². The van der Waals surface area contributed by atoms with Crippen molar-refractivity contribution in [1.29, 1.82) is 0 Å². The molecule has 2 aromatic carbocycles. The molecule has 0 saturated heterocycles. The molecule has 0 spiro atoms. The van der Waals surface area contributed by atoms with E-state index in [1.165, 1.54) is 35.2 Å². The van der Waals surface area contributed by atoms with Gasteiger partial charge in [-0.3, -0.25) is 4.79 Å². The minimum Gasteiger partial charge on any atom is -0.475 e. The van der Waals surface area contributed by atoms with E-state index in [9.17, 15) is 31.2 Å². The Hall–Kier alpha value is -4.40. The van der Waals surface area contributed by atoms with Gasteiger partial charge in [-0.2, -0.15) is 18.2 Å². The van der Waals surface area contributed by atoms with Crippen LogP contribution in [-0.4, -0.2) is 72.3 Å². The molecule has 2 heterocycles. The number of sulfonamides is 1. The summed E-state index contributed by atoms with van der Waals surface area (Å²) in [5.74, 6) is -1.23. The number of rotatable bonds is 6. The van der Waals surface area contributed by atoms with Crippen molar-refractivity contribution in [2.75, 3.05) is 17.9 Å². The van der Waals surface area contributed by atoms with Crippen molar-refractivity contribution in [3.8, 4) is 17.1 Å². The standard InChI is InChI=1S/C36H44F3N5O6S/c1-21-10-8-11-22(2)30(21)28-17-29-42-32(41-28)43-51(47,48)27-13-9-12-24(16-27)31(45)44(26(20-49-29)18-35(6,7)36(37,38)39)19-23-14-25(15-23)40-33(46)50-34(3,4)5/h8-13,16-17,23,25-26H,14-15,18-20H2,1-7H3,(H,40,46)(H,41,42,43)/t23?,25?,26-/m1/s1. The van der Waals surface area contributed by atoms with E-state index in [-0.39, 0.29) is 47.4 Å². The first-order valence-electron chi connectivity index (χ1n) is 16.7. The van der Waals surface area contributed by atoms with Gasteiger partial charge in [0, 0.05) is 29.8 Å². The Kier molecular flexibility index (Phi) is 10.4. The molecule has 0 unspecified atom stereocenters. The second-order valence-corrected chi connectivity index (χ2v) is 16.7. The SMILES string of the molecule is Cc1cccc(C)c1-c1cc2nc(n1)NS(=O)(=O)c1cccc(c1)C(=O)N(CC1CC(NC(=O)OC(C)(C)C)C1)[C@H](CC(C)(C)C(F)(F)F)CO2. The van der Waals surface area contributed by atoms with Crippen LogP contribution in [-0.2, 0) is 14.8 Å². The van der Waals surface area contributed by atoms with Crippen molar-refractivity contribution in [3.63, 3.8) is 0 Å². The summed E-state index contributed by atoms with van der Waals surface area (Å²) in [6.45, 7) is 10.8. The number of fused-ring (bicyclic) bond motifs is 4. The van der Waals surface area contributed by atoms with Crippen molar-refractivity contribution < 1.29 is 40.7 Å². The van der Waals surface area contributed by atoms with Crippen LogP contribution in [0.3, 0.4) is 0 Å². The van der Waals surface area contributed by atoms with E-state index in [1.807, 2.05) is 32.0 Å². The average molecular weight is 732 g/mol. The molecule has 51 heavy (non-hydrogen) atoms. The number of nitrogens with one attached hydrogen (secondary N) is 2. The van der Waals surface area contributed by atoms with Crippen molar-refractivity contribution >= 4 is 28.0 Å². The van der Waals surface area contributed by atoms with Gasteiger partial charge in [0.1, 0.15) is 12.2 Å². The monoisotopic (exact) mass is 731 g/mol. The van der Waals surface area contributed by atoms with E-state index in [0.29, 0.717) is 24.1 Å². The molecule has 276 valence electrons. The number of aryl methyl sites for hydroxylation is 2. The quantitative estimate of drug-likeness (QED) is 0.275. The van der Waals surface area contributed by atoms with Gasteiger partial charge in [-0.15, -0.1) is 0 Å². The van der Waals surface area contributed by atoms with Crippen molar-refractivity contribution in [3.05, 3.63) is 65.2 Å². The lowest BCUT2D eigenvalue weighted by Crippen LogP contribution is -2.54. The van der Waals surface area contributed by atoms with E-state index in [0.717, 1.165) is 25.0 Å². The molecule has 1 aliphatic heterocycles. The van der Waals surface area contributed by atoms with Crippen molar-refractivity contribution in [1.82, 2.24) is 20.2 Å². The van der Waals surface area contributed by atoms with Crippen LogP contribution < -0.4 is 14.8 Å². The van der Waals surface area contributed by atoms with Gasteiger partial charge in [-0.05, 0) is 89.1 Å². The maximum atomic E-state index is 14.4. The van der Waals surface area contributed by atoms with Crippen LogP contribution in [0.1, 0.15) is 75.4 Å². The number of halogens is 3. The number of hydrogen-bond acceptors (Lipinski definition) is 8. The maximum absolute atomic E-state index is 14.4. The van der Waals surface area contributed by atoms with Crippen LogP contribution in [0.15, 0.2) is 53.4 Å². The highest BCUT2D eigenvalue weighted by molar-refractivity contribution is 7.92. The lowest BCUT2D eigenvalue weighted by Gasteiger charge is -2.43. The first kappa shape index (κ1) is 37.8. The van der Waals surface area contributed by atoms with Gasteiger partial charge < -0.3 is 19.7 Å². The molecule has 0 radical (unpaired) electrons. The largest absolute Gasteiger partial charge is 0.475 e. The molecule has 2 amide bonds. The van der Waals surface area contributed by atoms with Gasteiger partial charge >= 0.3 is 12.3 Å². The van der Waals surface area contributed by atoms with Gasteiger partial charge in [-0.1, -0.05) is 38.1 Å². The fourth-order valence-electron chi connectivity index (χ4n) is 6.33. The zero-order valence-electron chi connectivity index (χ0n) is 29.7. The van der Waals surface area contributed by atoms with Crippen LogP contribution in [0.25, 0.3) is 11.3 Å². The Morgan fingerprint density at radius 1 is 1.02 bits per heavy atom. The first-order chi connectivity index (χ1) is 23.6. The lowest BCUT2D eigenvalue weighted by atomic mass is 9.79. The highest BCUT2D eigenvalue weighted by Gasteiger charge is 2.50. The smallest absolute Gasteiger partial charge is 0.407 e. The number of ether oxygens (including phenoxy) is 2. The molecule has 2 aliphatic rings. The topological polar surface area (TPSA) is 140 Å². The zero-order chi connectivity index (χ0) is 37.5. The Morgan fingerprint density at radius 2 is 1.67 bits per heavy atom. The number of benzene rings is 2. The molecule has 5 rings (SSSR count). The molecule has 11 nitrogen and oxygen atoms in total. The van der Waals surface area contributed by atoms with E-state index in [1.54, 1.807) is 20.8 Å². The van der Waals surface area contributed by atoms with E-state index in [2.05, 4.69) is 20.0 Å². The average Bonchev–Trinajstić information content (AvgIpc) is 2.98. The molecule has 4 bridgehead atoms. The summed E-state index contributed by atoms with van der Waals surface area (Å²) in [7, 11) is -4.33. The minimum atomic E-state index is -4.61. The normalized spacial score (nSPS) is 20.8. The molecule has 1 atom stereocenters. The second-order valence-electron chi connectivity index (χ2n) is 15.0. The Morgan fingerprint density at radius 3 is 2.29 bits per heavy atom. The number of anilines is 1. The molecule has 1 aromatic heterocycles. The Labute approximate surface area is 296 Å². The summed E-state index contributed by atoms with van der Waals surface area (Å²) < 4.78 is 84.3. The maximum Gasteiger partial charge on any atom is 0.407 e. The molecule has 2 N–H and O–H groups in total. The highest BCUT2D eigenvalue weighted by atomic mass is 32.2. The Balaban J connectivity index is 1.56. The zero-order valence-corrected chi connectivity index (χ0v) is 30.5. The molecular weight excluding hydrogens is 687 g/mol. The van der Waals surface area contributed by atoms with Gasteiger partial charge in [0.2, 0.25) is 11.8 Å². The number of aromatic nitrogens is 2. The highest BCUT2D eigenvalue weighted by Crippen LogP contribution is 2.43. The fraction of sp³-hybridized carbons (Fsp3) is 0.500. The number of carbonyl (C=O) groups is 2. The van der Waals surface area contributed by atoms with Gasteiger partial charge in [-0.25, -0.2) is 22.9 Å². The molecule has 1 aliphatic carbocycles. The summed E-state index contributed by atoms with van der Waals surface area (Å²) >= 11 is 0. The minimum absolute atomic E-state index is 0.0291. The van der Waals surface area contributed by atoms with E-state index in [4.69, 9.17) is 9.47 Å². The number of alkyl halides is 3. The third-order valence-electron chi connectivity index (χ3n) is 9.11. The summed E-state index contributed by atoms with van der Waals surface area (Å²) in [5, 5.41) is 2.80. The molecule has 1 fully saturated rings. The van der Waals surface area contributed by atoms with Gasteiger partial charge in [0.05, 0.1) is 22.0 Å². The van der Waals surface area contributed by atoms with Crippen molar-refractivity contribution in [2.24, 2.45) is 11.3 Å². The van der Waals surface area contributed by atoms with Gasteiger partial charge in [0.25, 0.3) is 15.9 Å². The predicted octanol–water partition coefficient (Wildman–Crippen LogP) is 7.05. The molecule has 1 saturated carbocycles. The number of alkyl carbamates (subject to hydrolysis) is 1. The summed E-state index contributed by atoms with van der Waals surface area (Å²) in [5.41, 5.74) is -0.212. The van der Waals surface area contributed by atoms with Crippen LogP contribution in [0, 0.1) is 25.2 Å². The number of amides is 2. The van der Waals surface area contributed by atoms with Gasteiger partial charge in [0.15, 0.2) is 0 Å². The van der Waals surface area contributed by atoms with Crippen LogP contribution in [0.4, 0.5) is 23.9 Å². The van der Waals surface area contributed by atoms with Crippen LogP contribution >= 0.6 is 0 Å². The number of hydrogen-bond donors (Lipinski definition) is 2. The van der Waals surface area contributed by atoms with Crippen molar-refractivity contribution in [2.45, 2.75) is 96.5 Å². The summed E-state index contributed by atoms with van der Waals surface area (Å²) in [6.07, 6.45) is -4.82. The molecule has 3 aromatic rings. The lowest BCUT2D eigenvalue weighted by molar-refractivity contribution is -0.217. The Bertz CT molecular complexity index is 1890. The van der Waals surface area contributed by atoms with E-state index < -0.39 is 51.7 Å². The summed E-state index contributed by atoms with van der Waals surface area (Å²) in [4.78, 5) is 36.5. The molecule has 15 heteroatoms. The summed E-state index contributed by atoms with van der Waals surface area (Å²) in [6, 6.07) is 11.1. The number of nitrogens with zero attached hydrogens (tertiary/aromatic N) is 3. The number of carbonyl (C=O) groups excluding carboxylic acids is 2. The van der Waals surface area contributed by atoms with Crippen LogP contribution in [0.5, 0.6) is 5.88 Å². The van der Waals surface area contributed by atoms with Crippen LogP contribution in [0.2, 0.25) is 0 Å². The third kappa shape index (κ3) is 8.92. The third-order valence-corrected chi connectivity index (χ3v) is 10.4.